The summed E-state index contributed by atoms with van der Waals surface area (Å²) in [5, 5.41) is 3.03. The molecule has 6 heteroatoms. The second-order valence-corrected chi connectivity index (χ2v) is 5.84. The fourth-order valence-electron chi connectivity index (χ4n) is 1.98. The summed E-state index contributed by atoms with van der Waals surface area (Å²) in [5.74, 6) is -0.348. The number of anilines is 1. The molecule has 0 aliphatic heterocycles. The molecule has 0 saturated heterocycles. The van der Waals surface area contributed by atoms with Gasteiger partial charge in [0.2, 0.25) is 5.91 Å². The maximum absolute atomic E-state index is 12.3. The number of nitrogens with two attached hydrogens (primary N) is 1. The Morgan fingerprint density at radius 3 is 2.32 bits per heavy atom. The van der Waals surface area contributed by atoms with E-state index in [9.17, 15) is 9.59 Å². The van der Waals surface area contributed by atoms with E-state index in [1.165, 1.54) is 0 Å². The minimum Gasteiger partial charge on any atom is -0.339 e. The van der Waals surface area contributed by atoms with Gasteiger partial charge >= 0.3 is 0 Å². The van der Waals surface area contributed by atoms with Gasteiger partial charge in [0.05, 0.1) is 16.6 Å². The van der Waals surface area contributed by atoms with E-state index in [2.05, 4.69) is 5.32 Å². The first-order valence-electron chi connectivity index (χ1n) is 7.47. The van der Waals surface area contributed by atoms with Crippen LogP contribution in [0.3, 0.4) is 0 Å². The number of carbonyl (C=O) groups is 2. The number of hydrogen-bond donors (Lipinski definition) is 2. The second-order valence-electron chi connectivity index (χ2n) is 5.43. The lowest BCUT2D eigenvalue weighted by Gasteiger charge is -2.20. The van der Waals surface area contributed by atoms with Gasteiger partial charge in [-0.25, -0.2) is 0 Å². The molecule has 0 aromatic heterocycles. The Morgan fingerprint density at radius 1 is 1.27 bits per heavy atom. The van der Waals surface area contributed by atoms with Crippen molar-refractivity contribution in [2.24, 2.45) is 11.7 Å². The maximum atomic E-state index is 12.3. The molecule has 0 spiro atoms. The molecule has 0 radical (unpaired) electrons. The van der Waals surface area contributed by atoms with Gasteiger partial charge in [0.25, 0.3) is 5.91 Å². The van der Waals surface area contributed by atoms with Crippen molar-refractivity contribution < 1.29 is 9.59 Å². The van der Waals surface area contributed by atoms with Crippen molar-refractivity contribution in [1.82, 2.24) is 4.90 Å². The summed E-state index contributed by atoms with van der Waals surface area (Å²) in [6, 6.07) is 4.27. The van der Waals surface area contributed by atoms with Gasteiger partial charge in [-0.2, -0.15) is 0 Å². The fourth-order valence-corrected chi connectivity index (χ4v) is 2.24. The van der Waals surface area contributed by atoms with Crippen LogP contribution in [0.5, 0.6) is 0 Å². The van der Waals surface area contributed by atoms with E-state index in [1.807, 2.05) is 27.7 Å². The smallest absolute Gasteiger partial charge is 0.255 e. The second kappa shape index (κ2) is 8.15. The largest absolute Gasteiger partial charge is 0.339 e. The molecule has 0 aliphatic rings. The molecule has 0 unspecified atom stereocenters. The average Bonchev–Trinajstić information content (AvgIpc) is 2.47. The van der Waals surface area contributed by atoms with E-state index < -0.39 is 6.04 Å². The van der Waals surface area contributed by atoms with Crippen molar-refractivity contribution in [1.29, 1.82) is 0 Å². The van der Waals surface area contributed by atoms with Crippen LogP contribution in [0.25, 0.3) is 0 Å². The monoisotopic (exact) mass is 325 g/mol. The number of benzene rings is 1. The SMILES string of the molecule is CCN(CC)C(=O)c1ccc(NC(=O)[C@@H](N)C(C)C)cc1Cl. The third-order valence-electron chi connectivity index (χ3n) is 3.54. The van der Waals surface area contributed by atoms with Crippen molar-refractivity contribution in [2.45, 2.75) is 33.7 Å². The summed E-state index contributed by atoms with van der Waals surface area (Å²) >= 11 is 6.18. The van der Waals surface area contributed by atoms with Gasteiger partial charge in [0.1, 0.15) is 0 Å². The van der Waals surface area contributed by atoms with Crippen LogP contribution in [0.4, 0.5) is 5.69 Å². The van der Waals surface area contributed by atoms with Gasteiger partial charge in [-0.05, 0) is 38.0 Å². The molecule has 0 heterocycles. The van der Waals surface area contributed by atoms with Crippen LogP contribution in [0.15, 0.2) is 18.2 Å². The van der Waals surface area contributed by atoms with Crippen molar-refractivity contribution in [2.75, 3.05) is 18.4 Å². The van der Waals surface area contributed by atoms with E-state index in [0.717, 1.165) is 0 Å². The van der Waals surface area contributed by atoms with E-state index in [0.29, 0.717) is 29.4 Å². The van der Waals surface area contributed by atoms with Crippen LogP contribution in [-0.2, 0) is 4.79 Å². The van der Waals surface area contributed by atoms with Crippen LogP contribution < -0.4 is 11.1 Å². The molecule has 1 aromatic rings. The van der Waals surface area contributed by atoms with Crippen LogP contribution in [0.2, 0.25) is 5.02 Å². The Labute approximate surface area is 136 Å². The van der Waals surface area contributed by atoms with Crippen molar-refractivity contribution >= 4 is 29.1 Å². The van der Waals surface area contributed by atoms with Crippen LogP contribution in [0, 0.1) is 5.92 Å². The topological polar surface area (TPSA) is 75.4 Å². The molecular weight excluding hydrogens is 302 g/mol. The van der Waals surface area contributed by atoms with E-state index in [1.54, 1.807) is 23.1 Å². The third-order valence-corrected chi connectivity index (χ3v) is 3.85. The predicted molar refractivity (Wildman–Crippen MR) is 90.1 cm³/mol. The lowest BCUT2D eigenvalue weighted by atomic mass is 10.0. The predicted octanol–water partition coefficient (Wildman–Crippen LogP) is 2.74. The van der Waals surface area contributed by atoms with Crippen LogP contribution >= 0.6 is 11.6 Å². The molecule has 22 heavy (non-hydrogen) atoms. The van der Waals surface area contributed by atoms with Gasteiger partial charge in [-0.15, -0.1) is 0 Å². The number of nitrogens with one attached hydrogen (secondary N) is 1. The minimum absolute atomic E-state index is 0.0407. The zero-order chi connectivity index (χ0) is 16.9. The standard InChI is InChI=1S/C16H24ClN3O2/c1-5-20(6-2)16(22)12-8-7-11(9-13(12)17)19-15(21)14(18)10(3)4/h7-10,14H,5-6,18H2,1-4H3,(H,19,21)/t14-/m0/s1. The summed E-state index contributed by atoms with van der Waals surface area (Å²) in [5.41, 5.74) is 6.75. The zero-order valence-electron chi connectivity index (χ0n) is 13.5. The minimum atomic E-state index is -0.587. The molecule has 1 atom stereocenters. The first-order chi connectivity index (χ1) is 10.3. The highest BCUT2D eigenvalue weighted by atomic mass is 35.5. The molecule has 1 rings (SSSR count). The number of amides is 2. The van der Waals surface area contributed by atoms with Crippen molar-refractivity contribution in [3.8, 4) is 0 Å². The molecule has 0 aliphatic carbocycles. The van der Waals surface area contributed by atoms with Crippen LogP contribution in [-0.4, -0.2) is 35.8 Å². The van der Waals surface area contributed by atoms with Gasteiger partial charge in [0.15, 0.2) is 0 Å². The fraction of sp³-hybridized carbons (Fsp3) is 0.500. The first-order valence-corrected chi connectivity index (χ1v) is 7.84. The first kappa shape index (κ1) is 18.5. The lowest BCUT2D eigenvalue weighted by molar-refractivity contribution is -0.118. The number of halogens is 1. The number of rotatable bonds is 6. The number of hydrogen-bond acceptors (Lipinski definition) is 3. The Morgan fingerprint density at radius 2 is 1.86 bits per heavy atom. The summed E-state index contributed by atoms with van der Waals surface area (Å²) in [7, 11) is 0. The van der Waals surface area contributed by atoms with Crippen LogP contribution in [0.1, 0.15) is 38.1 Å². The number of nitrogens with zero attached hydrogens (tertiary/aromatic N) is 1. The highest BCUT2D eigenvalue weighted by Gasteiger charge is 2.19. The molecule has 0 fully saturated rings. The average molecular weight is 326 g/mol. The van der Waals surface area contributed by atoms with Crippen molar-refractivity contribution in [3.05, 3.63) is 28.8 Å². The van der Waals surface area contributed by atoms with Gasteiger partial charge in [0, 0.05) is 18.8 Å². The Balaban J connectivity index is 2.90. The molecule has 1 aromatic carbocycles. The van der Waals surface area contributed by atoms with E-state index in [4.69, 9.17) is 17.3 Å². The molecule has 3 N–H and O–H groups in total. The van der Waals surface area contributed by atoms with E-state index in [-0.39, 0.29) is 17.7 Å². The molecular formula is C16H24ClN3O2. The Bertz CT molecular complexity index is 542. The Hall–Kier alpha value is -1.59. The Kier molecular flexibility index (Phi) is 6.84. The third kappa shape index (κ3) is 4.45. The lowest BCUT2D eigenvalue weighted by Crippen LogP contribution is -2.39. The normalized spacial score (nSPS) is 12.1. The van der Waals surface area contributed by atoms with Crippen molar-refractivity contribution in [3.63, 3.8) is 0 Å². The summed E-state index contributed by atoms with van der Waals surface area (Å²) in [4.78, 5) is 25.9. The summed E-state index contributed by atoms with van der Waals surface area (Å²) in [6.45, 7) is 8.82. The van der Waals surface area contributed by atoms with E-state index >= 15 is 0 Å². The molecule has 0 saturated carbocycles. The quantitative estimate of drug-likeness (QED) is 0.844. The number of carbonyl (C=O) groups excluding carboxylic acids is 2. The molecule has 2 amide bonds. The molecule has 5 nitrogen and oxygen atoms in total. The molecule has 0 bridgehead atoms. The van der Waals surface area contributed by atoms with Gasteiger partial charge in [-0.3, -0.25) is 9.59 Å². The molecule has 122 valence electrons. The van der Waals surface area contributed by atoms with Gasteiger partial charge < -0.3 is 16.0 Å². The maximum Gasteiger partial charge on any atom is 0.255 e. The summed E-state index contributed by atoms with van der Waals surface area (Å²) in [6.07, 6.45) is 0. The highest BCUT2D eigenvalue weighted by Crippen LogP contribution is 2.22. The summed E-state index contributed by atoms with van der Waals surface area (Å²) < 4.78 is 0. The highest BCUT2D eigenvalue weighted by molar-refractivity contribution is 6.34. The zero-order valence-corrected chi connectivity index (χ0v) is 14.3. The van der Waals surface area contributed by atoms with Gasteiger partial charge in [-0.1, -0.05) is 25.4 Å².